The third kappa shape index (κ3) is 6.37. The zero-order valence-corrected chi connectivity index (χ0v) is 17.1. The van der Waals surface area contributed by atoms with Gasteiger partial charge in [0.1, 0.15) is 5.75 Å². The van der Waals surface area contributed by atoms with Crippen LogP contribution in [0, 0.1) is 0 Å². The van der Waals surface area contributed by atoms with Gasteiger partial charge in [-0.2, -0.15) is 0 Å². The van der Waals surface area contributed by atoms with Gasteiger partial charge in [0.05, 0.1) is 11.0 Å². The van der Waals surface area contributed by atoms with Crippen molar-refractivity contribution in [2.45, 2.75) is 51.2 Å². The highest BCUT2D eigenvalue weighted by molar-refractivity contribution is 7.89. The summed E-state index contributed by atoms with van der Waals surface area (Å²) in [6, 6.07) is 12.9. The van der Waals surface area contributed by atoms with E-state index in [2.05, 4.69) is 10.0 Å². The Balaban J connectivity index is 2.11. The van der Waals surface area contributed by atoms with Crippen molar-refractivity contribution >= 4 is 21.6 Å². The van der Waals surface area contributed by atoms with E-state index >= 15 is 0 Å². The summed E-state index contributed by atoms with van der Waals surface area (Å²) in [5.74, 6) is 0.319. The maximum Gasteiger partial charge on any atom is 0.255 e. The van der Waals surface area contributed by atoms with Gasteiger partial charge in [-0.05, 0) is 77.1 Å². The predicted molar refractivity (Wildman–Crippen MR) is 107 cm³/mol. The molecule has 0 aliphatic carbocycles. The van der Waals surface area contributed by atoms with E-state index in [-0.39, 0.29) is 16.9 Å². The van der Waals surface area contributed by atoms with Crippen molar-refractivity contribution in [2.75, 3.05) is 5.32 Å². The minimum Gasteiger partial charge on any atom is -0.491 e. The van der Waals surface area contributed by atoms with E-state index in [9.17, 15) is 13.2 Å². The van der Waals surface area contributed by atoms with Gasteiger partial charge in [-0.25, -0.2) is 13.1 Å². The van der Waals surface area contributed by atoms with Crippen molar-refractivity contribution in [3.05, 3.63) is 54.1 Å². The number of carbonyl (C=O) groups excluding carboxylic acids is 1. The molecule has 0 saturated heterocycles. The Bertz CT molecular complexity index is 898. The average Bonchev–Trinajstić information content (AvgIpc) is 2.52. The molecule has 27 heavy (non-hydrogen) atoms. The Morgan fingerprint density at radius 3 is 2.22 bits per heavy atom. The largest absolute Gasteiger partial charge is 0.491 e. The fourth-order valence-electron chi connectivity index (χ4n) is 2.37. The zero-order chi connectivity index (χ0) is 20.2. The first-order valence-electron chi connectivity index (χ1n) is 8.68. The molecule has 6 nitrogen and oxygen atoms in total. The molecule has 2 rings (SSSR count). The first-order chi connectivity index (χ1) is 12.5. The maximum absolute atomic E-state index is 12.4. The summed E-state index contributed by atoms with van der Waals surface area (Å²) in [6.45, 7) is 9.15. The molecule has 0 unspecified atom stereocenters. The maximum atomic E-state index is 12.4. The van der Waals surface area contributed by atoms with Gasteiger partial charge < -0.3 is 10.1 Å². The number of hydrogen-bond donors (Lipinski definition) is 2. The number of sulfonamides is 1. The van der Waals surface area contributed by atoms with Crippen molar-refractivity contribution in [3.8, 4) is 5.75 Å². The molecular weight excluding hydrogens is 364 g/mol. The number of rotatable bonds is 6. The van der Waals surface area contributed by atoms with E-state index in [1.807, 2.05) is 13.8 Å². The Morgan fingerprint density at radius 1 is 1.04 bits per heavy atom. The number of amides is 1. The van der Waals surface area contributed by atoms with Crippen LogP contribution in [0.1, 0.15) is 45.0 Å². The Morgan fingerprint density at radius 2 is 1.67 bits per heavy atom. The van der Waals surface area contributed by atoms with Crippen LogP contribution < -0.4 is 14.8 Å². The molecule has 2 N–H and O–H groups in total. The standard InChI is InChI=1S/C20H26N2O4S/c1-14(2)26-17-8-6-7-15(13-17)19(23)21-16-9-11-18(12-10-16)27(24,25)22-20(3,4)5/h6-14,22H,1-5H3,(H,21,23). The van der Waals surface area contributed by atoms with Gasteiger partial charge in [-0.15, -0.1) is 0 Å². The highest BCUT2D eigenvalue weighted by atomic mass is 32.2. The molecule has 0 saturated carbocycles. The van der Waals surface area contributed by atoms with E-state index in [1.165, 1.54) is 12.1 Å². The first-order valence-corrected chi connectivity index (χ1v) is 10.2. The zero-order valence-electron chi connectivity index (χ0n) is 16.2. The lowest BCUT2D eigenvalue weighted by Crippen LogP contribution is -2.40. The van der Waals surface area contributed by atoms with E-state index in [1.54, 1.807) is 57.2 Å². The number of anilines is 1. The molecule has 7 heteroatoms. The third-order valence-corrected chi connectivity index (χ3v) is 5.10. The quantitative estimate of drug-likeness (QED) is 0.786. The molecule has 2 aromatic carbocycles. The molecule has 0 radical (unpaired) electrons. The molecule has 146 valence electrons. The molecule has 0 fully saturated rings. The van der Waals surface area contributed by atoms with Gasteiger partial charge in [0.25, 0.3) is 5.91 Å². The van der Waals surface area contributed by atoms with Crippen LogP contribution in [0.25, 0.3) is 0 Å². The van der Waals surface area contributed by atoms with Crippen LogP contribution in [0.4, 0.5) is 5.69 Å². The highest BCUT2D eigenvalue weighted by Crippen LogP contribution is 2.19. The van der Waals surface area contributed by atoms with E-state index < -0.39 is 15.6 Å². The van der Waals surface area contributed by atoms with Crippen LogP contribution in [0.5, 0.6) is 5.75 Å². The summed E-state index contributed by atoms with van der Waals surface area (Å²) in [7, 11) is -3.61. The van der Waals surface area contributed by atoms with Crippen LogP contribution in [0.3, 0.4) is 0 Å². The van der Waals surface area contributed by atoms with Crippen LogP contribution in [-0.4, -0.2) is 26.0 Å². The summed E-state index contributed by atoms with van der Waals surface area (Å²) in [4.78, 5) is 12.6. The first kappa shape index (κ1) is 20.9. The predicted octanol–water partition coefficient (Wildman–Crippen LogP) is 3.80. The lowest BCUT2D eigenvalue weighted by Gasteiger charge is -2.20. The normalized spacial score (nSPS) is 12.1. The van der Waals surface area contributed by atoms with Gasteiger partial charge in [0, 0.05) is 16.8 Å². The fourth-order valence-corrected chi connectivity index (χ4v) is 3.78. The van der Waals surface area contributed by atoms with E-state index in [4.69, 9.17) is 4.74 Å². The summed E-state index contributed by atoms with van der Waals surface area (Å²) < 4.78 is 32.8. The lowest BCUT2D eigenvalue weighted by molar-refractivity contribution is 0.102. The number of hydrogen-bond acceptors (Lipinski definition) is 4. The molecular formula is C20H26N2O4S. The number of benzene rings is 2. The Labute approximate surface area is 161 Å². The molecule has 0 aliphatic heterocycles. The molecule has 0 aliphatic rings. The molecule has 1 amide bonds. The SMILES string of the molecule is CC(C)Oc1cccc(C(=O)Nc2ccc(S(=O)(=O)NC(C)(C)C)cc2)c1. The molecule has 0 bridgehead atoms. The summed E-state index contributed by atoms with van der Waals surface area (Å²) >= 11 is 0. The minimum absolute atomic E-state index is 0.0134. The van der Waals surface area contributed by atoms with Crippen molar-refractivity contribution in [3.63, 3.8) is 0 Å². The van der Waals surface area contributed by atoms with Crippen LogP contribution in [0.2, 0.25) is 0 Å². The van der Waals surface area contributed by atoms with Gasteiger partial charge in [-0.3, -0.25) is 4.79 Å². The van der Waals surface area contributed by atoms with Crippen LogP contribution in [0.15, 0.2) is 53.4 Å². The average molecular weight is 391 g/mol. The molecule has 0 aromatic heterocycles. The third-order valence-electron chi connectivity index (χ3n) is 3.33. The lowest BCUT2D eigenvalue weighted by atomic mass is 10.1. The molecule has 2 aromatic rings. The van der Waals surface area contributed by atoms with Gasteiger partial charge in [-0.1, -0.05) is 6.07 Å². The molecule has 0 spiro atoms. The van der Waals surface area contributed by atoms with Crippen molar-refractivity contribution < 1.29 is 17.9 Å². The highest BCUT2D eigenvalue weighted by Gasteiger charge is 2.21. The second kappa shape index (κ2) is 8.10. The molecule has 0 heterocycles. The van der Waals surface area contributed by atoms with Crippen molar-refractivity contribution in [1.82, 2.24) is 4.72 Å². The van der Waals surface area contributed by atoms with Crippen molar-refractivity contribution in [1.29, 1.82) is 0 Å². The number of carbonyl (C=O) groups is 1. The van der Waals surface area contributed by atoms with Gasteiger partial charge in [0.15, 0.2) is 0 Å². The summed E-state index contributed by atoms with van der Waals surface area (Å²) in [5.41, 5.74) is 0.388. The fraction of sp³-hybridized carbons (Fsp3) is 0.350. The van der Waals surface area contributed by atoms with Crippen molar-refractivity contribution in [2.24, 2.45) is 0 Å². The Hall–Kier alpha value is -2.38. The van der Waals surface area contributed by atoms with Crippen LogP contribution in [-0.2, 0) is 10.0 Å². The number of ether oxygens (including phenoxy) is 1. The minimum atomic E-state index is -3.61. The molecule has 0 atom stereocenters. The summed E-state index contributed by atoms with van der Waals surface area (Å²) in [6.07, 6.45) is 0.0134. The Kier molecular flexibility index (Phi) is 6.28. The number of nitrogens with one attached hydrogen (secondary N) is 2. The topological polar surface area (TPSA) is 84.5 Å². The van der Waals surface area contributed by atoms with Gasteiger partial charge in [0.2, 0.25) is 10.0 Å². The second-order valence-electron chi connectivity index (χ2n) is 7.53. The van der Waals surface area contributed by atoms with E-state index in [0.717, 1.165) is 0 Å². The van der Waals surface area contributed by atoms with Gasteiger partial charge >= 0.3 is 0 Å². The second-order valence-corrected chi connectivity index (χ2v) is 9.21. The smallest absolute Gasteiger partial charge is 0.255 e. The van der Waals surface area contributed by atoms with Crippen LogP contribution >= 0.6 is 0 Å². The monoisotopic (exact) mass is 390 g/mol. The summed E-state index contributed by atoms with van der Waals surface area (Å²) in [5, 5.41) is 2.76. The van der Waals surface area contributed by atoms with E-state index in [0.29, 0.717) is 17.0 Å².